The topological polar surface area (TPSA) is 43.6 Å². The van der Waals surface area contributed by atoms with Gasteiger partial charge in [-0.05, 0) is 75.8 Å². The Hall–Kier alpha value is -7.99. The van der Waals surface area contributed by atoms with E-state index < -0.39 is 0 Å². The van der Waals surface area contributed by atoms with Gasteiger partial charge in [0.2, 0.25) is 0 Å². The lowest BCUT2D eigenvalue weighted by atomic mass is 9.97. The highest BCUT2D eigenvalue weighted by Gasteiger charge is 2.20. The highest BCUT2D eigenvalue weighted by atomic mass is 32.1. The van der Waals surface area contributed by atoms with Crippen LogP contribution in [0, 0.1) is 0 Å². The van der Waals surface area contributed by atoms with Crippen molar-refractivity contribution in [2.45, 2.75) is 0 Å². The molecule has 0 saturated carbocycles. The molecule has 3 heterocycles. The summed E-state index contributed by atoms with van der Waals surface area (Å²) in [5.41, 5.74) is 12.9. The average molecular weight is 809 g/mol. The smallest absolute Gasteiger partial charge is 0.164 e. The Kier molecular flexibility index (Phi) is 8.65. The predicted octanol–water partition coefficient (Wildman–Crippen LogP) is 15.3. The van der Waals surface area contributed by atoms with Gasteiger partial charge in [-0.15, -0.1) is 11.3 Å². The molecule has 0 fully saturated rings. The summed E-state index contributed by atoms with van der Waals surface area (Å²) >= 11 is 1.87. The van der Waals surface area contributed by atoms with Gasteiger partial charge in [-0.1, -0.05) is 176 Å². The van der Waals surface area contributed by atoms with Crippen molar-refractivity contribution >= 4 is 53.3 Å². The van der Waals surface area contributed by atoms with Crippen LogP contribution < -0.4 is 0 Å². The minimum absolute atomic E-state index is 0.607. The van der Waals surface area contributed by atoms with Gasteiger partial charge in [-0.25, -0.2) is 15.0 Å². The summed E-state index contributed by atoms with van der Waals surface area (Å²) in [6.45, 7) is 0. The van der Waals surface area contributed by atoms with Crippen LogP contribution in [-0.2, 0) is 0 Å². The van der Waals surface area contributed by atoms with Gasteiger partial charge in [0.25, 0.3) is 0 Å². The van der Waals surface area contributed by atoms with Crippen molar-refractivity contribution in [1.29, 1.82) is 0 Å². The lowest BCUT2D eigenvalue weighted by molar-refractivity contribution is 1.07. The molecule has 0 aliphatic heterocycles. The highest BCUT2D eigenvalue weighted by Crippen LogP contribution is 2.44. The normalized spacial score (nSPS) is 11.5. The van der Waals surface area contributed by atoms with Crippen LogP contribution in [0.15, 0.2) is 218 Å². The number of hydrogen-bond acceptors (Lipinski definition) is 4. The average Bonchev–Trinajstić information content (AvgIpc) is 3.91. The third-order valence-corrected chi connectivity index (χ3v) is 13.0. The van der Waals surface area contributed by atoms with Gasteiger partial charge in [0, 0.05) is 53.3 Å². The first kappa shape index (κ1) is 35.9. The van der Waals surface area contributed by atoms with E-state index in [0.29, 0.717) is 17.5 Å². The fourth-order valence-corrected chi connectivity index (χ4v) is 10.1. The Balaban J connectivity index is 1.10. The van der Waals surface area contributed by atoms with Gasteiger partial charge in [0.15, 0.2) is 17.5 Å². The van der Waals surface area contributed by atoms with Crippen molar-refractivity contribution in [2.24, 2.45) is 0 Å². The van der Waals surface area contributed by atoms with Crippen LogP contribution in [0.5, 0.6) is 0 Å². The molecule has 9 aromatic carbocycles. The second-order valence-electron chi connectivity index (χ2n) is 15.6. The first-order valence-corrected chi connectivity index (χ1v) is 21.7. The standard InChI is InChI=1S/C57H36N4S/c1-4-15-37(16-5-1)39-27-29-41(30-28-39)56-58-55(40-19-8-3-9-20-40)59-57(60-56)45-34-44(43-22-14-21-42(33-43)38-17-6-2-7-18-38)35-46(36-45)61-50-25-12-10-24-49(50)53-51(61)32-31-48-47-23-11-13-26-52(47)62-54(48)53/h1-36H. The lowest BCUT2D eigenvalue weighted by Crippen LogP contribution is -2.02. The van der Waals surface area contributed by atoms with E-state index in [1.165, 1.54) is 42.1 Å². The van der Waals surface area contributed by atoms with Crippen LogP contribution in [0.1, 0.15) is 0 Å². The van der Waals surface area contributed by atoms with Crippen LogP contribution in [0.3, 0.4) is 0 Å². The van der Waals surface area contributed by atoms with Crippen molar-refractivity contribution in [1.82, 2.24) is 19.5 Å². The molecule has 0 spiro atoms. The molecule has 0 N–H and O–H groups in total. The molecular formula is C57H36N4S. The summed E-state index contributed by atoms with van der Waals surface area (Å²) in [7, 11) is 0. The summed E-state index contributed by atoms with van der Waals surface area (Å²) < 4.78 is 5.02. The van der Waals surface area contributed by atoms with Crippen molar-refractivity contribution in [2.75, 3.05) is 0 Å². The zero-order valence-corrected chi connectivity index (χ0v) is 34.3. The Morgan fingerprint density at radius 2 is 0.790 bits per heavy atom. The Bertz CT molecular complexity index is 3610. The molecule has 4 nitrogen and oxygen atoms in total. The molecular weight excluding hydrogens is 773 g/mol. The molecule has 5 heteroatoms. The third-order valence-electron chi connectivity index (χ3n) is 11.8. The van der Waals surface area contributed by atoms with E-state index >= 15 is 0 Å². The molecule has 0 aliphatic carbocycles. The highest BCUT2D eigenvalue weighted by molar-refractivity contribution is 7.26. The molecule has 0 radical (unpaired) electrons. The molecule has 3 aromatic heterocycles. The van der Waals surface area contributed by atoms with E-state index in [0.717, 1.165) is 55.7 Å². The van der Waals surface area contributed by atoms with E-state index in [2.05, 4.69) is 199 Å². The monoisotopic (exact) mass is 808 g/mol. The Morgan fingerprint density at radius 3 is 1.50 bits per heavy atom. The fraction of sp³-hybridized carbons (Fsp3) is 0. The number of aromatic nitrogens is 4. The van der Waals surface area contributed by atoms with E-state index in [4.69, 9.17) is 15.0 Å². The molecule has 62 heavy (non-hydrogen) atoms. The number of para-hydroxylation sites is 1. The van der Waals surface area contributed by atoms with Crippen molar-refractivity contribution in [3.63, 3.8) is 0 Å². The first-order valence-electron chi connectivity index (χ1n) is 20.8. The summed E-state index contributed by atoms with van der Waals surface area (Å²) in [5.74, 6) is 1.85. The van der Waals surface area contributed by atoms with Gasteiger partial charge >= 0.3 is 0 Å². The molecule has 12 aromatic rings. The molecule has 0 atom stereocenters. The van der Waals surface area contributed by atoms with Crippen molar-refractivity contribution < 1.29 is 0 Å². The zero-order valence-electron chi connectivity index (χ0n) is 33.5. The van der Waals surface area contributed by atoms with E-state index in [1.54, 1.807) is 0 Å². The number of nitrogens with zero attached hydrogens (tertiary/aromatic N) is 4. The van der Waals surface area contributed by atoms with Gasteiger partial charge < -0.3 is 4.57 Å². The lowest BCUT2D eigenvalue weighted by Gasteiger charge is -2.15. The van der Waals surface area contributed by atoms with Gasteiger partial charge in [0.05, 0.1) is 11.0 Å². The maximum Gasteiger partial charge on any atom is 0.164 e. The first-order chi connectivity index (χ1) is 30.7. The van der Waals surface area contributed by atoms with Gasteiger partial charge in [-0.3, -0.25) is 0 Å². The maximum absolute atomic E-state index is 5.28. The van der Waals surface area contributed by atoms with Gasteiger partial charge in [-0.2, -0.15) is 0 Å². The van der Waals surface area contributed by atoms with Crippen LogP contribution in [0.4, 0.5) is 0 Å². The summed E-state index contributed by atoms with van der Waals surface area (Å²) in [4.78, 5) is 15.6. The quantitative estimate of drug-likeness (QED) is 0.161. The van der Waals surface area contributed by atoms with Crippen LogP contribution in [0.25, 0.3) is 115 Å². The zero-order chi connectivity index (χ0) is 41.0. The van der Waals surface area contributed by atoms with E-state index in [1.807, 2.05) is 35.6 Å². The molecule has 12 rings (SSSR count). The number of benzene rings is 9. The number of hydrogen-bond donors (Lipinski definition) is 0. The molecule has 0 unspecified atom stereocenters. The van der Waals surface area contributed by atoms with Crippen LogP contribution >= 0.6 is 11.3 Å². The summed E-state index contributed by atoms with van der Waals surface area (Å²) in [6.07, 6.45) is 0. The van der Waals surface area contributed by atoms with Crippen molar-refractivity contribution in [3.8, 4) is 73.2 Å². The second kappa shape index (κ2) is 14.9. The molecule has 0 aliphatic rings. The number of fused-ring (bicyclic) bond motifs is 7. The molecule has 0 bridgehead atoms. The SMILES string of the molecule is c1ccc(-c2ccc(-c3nc(-c4ccccc4)nc(-c4cc(-c5cccc(-c6ccccc6)c5)cc(-n5c6ccccc6c6c7sc8ccccc8c7ccc65)c4)n3)cc2)cc1. The number of thiophene rings is 1. The largest absolute Gasteiger partial charge is 0.309 e. The van der Waals surface area contributed by atoms with Crippen LogP contribution in [0.2, 0.25) is 0 Å². The molecule has 0 amide bonds. The summed E-state index contributed by atoms with van der Waals surface area (Å²) in [5, 5.41) is 5.08. The van der Waals surface area contributed by atoms with Gasteiger partial charge in [0.1, 0.15) is 0 Å². The Labute approximate surface area is 362 Å². The van der Waals surface area contributed by atoms with Crippen LogP contribution in [-0.4, -0.2) is 19.5 Å². The van der Waals surface area contributed by atoms with Crippen molar-refractivity contribution in [3.05, 3.63) is 218 Å². The second-order valence-corrected chi connectivity index (χ2v) is 16.7. The summed E-state index contributed by atoms with van der Waals surface area (Å²) in [6, 6.07) is 77.5. The maximum atomic E-state index is 5.28. The molecule has 290 valence electrons. The third kappa shape index (κ3) is 6.26. The fourth-order valence-electron chi connectivity index (χ4n) is 8.85. The van der Waals surface area contributed by atoms with E-state index in [-0.39, 0.29) is 0 Å². The van der Waals surface area contributed by atoms with E-state index in [9.17, 15) is 0 Å². The number of rotatable bonds is 7. The minimum Gasteiger partial charge on any atom is -0.309 e. The predicted molar refractivity (Wildman–Crippen MR) is 260 cm³/mol. The molecule has 0 saturated heterocycles. The minimum atomic E-state index is 0.607. The Morgan fingerprint density at radius 1 is 0.306 bits per heavy atom.